The maximum absolute atomic E-state index is 4.36. The first-order valence-corrected chi connectivity index (χ1v) is 8.01. The average molecular weight is 256 g/mol. The summed E-state index contributed by atoms with van der Waals surface area (Å²) >= 11 is -0.816. The number of hydrogen-bond donors (Lipinski definition) is 0. The normalized spacial score (nSPS) is 12.6. The van der Waals surface area contributed by atoms with E-state index in [2.05, 4.69) is 37.9 Å². The van der Waals surface area contributed by atoms with Gasteiger partial charge in [0.15, 0.2) is 0 Å². The molecule has 0 spiro atoms. The van der Waals surface area contributed by atoms with Crippen molar-refractivity contribution in [3.63, 3.8) is 0 Å². The van der Waals surface area contributed by atoms with Crippen LogP contribution < -0.4 is 3.71 Å². The first-order chi connectivity index (χ1) is 5.08. The second-order valence-electron chi connectivity index (χ2n) is 4.06. The van der Waals surface area contributed by atoms with Crippen LogP contribution in [0.25, 0.3) is 0 Å². The summed E-state index contributed by atoms with van der Waals surface area (Å²) in [5.41, 5.74) is 0. The molecule has 0 aromatic carbocycles. The summed E-state index contributed by atoms with van der Waals surface area (Å²) in [7, 11) is 0. The van der Waals surface area contributed by atoms with Crippen molar-refractivity contribution in [1.82, 2.24) is 4.98 Å². The van der Waals surface area contributed by atoms with E-state index in [-0.39, 0.29) is 0 Å². The summed E-state index contributed by atoms with van der Waals surface area (Å²) in [6.07, 6.45) is 1.90. The van der Waals surface area contributed by atoms with Gasteiger partial charge in [-0.05, 0) is 0 Å². The van der Waals surface area contributed by atoms with E-state index in [0.717, 1.165) is 0 Å². The van der Waals surface area contributed by atoms with Gasteiger partial charge in [0.05, 0.1) is 0 Å². The number of nitrogens with zero attached hydrogens (tertiary/aromatic N) is 1. The molecule has 0 aliphatic rings. The Bertz CT molecular complexity index is 213. The molecule has 1 rings (SSSR count). The van der Waals surface area contributed by atoms with E-state index in [1.165, 1.54) is 3.71 Å². The van der Waals surface area contributed by atoms with Crippen molar-refractivity contribution in [2.45, 2.75) is 24.2 Å². The molecule has 0 atom stereocenters. The molecule has 0 fully saturated rings. The Morgan fingerprint density at radius 2 is 2.00 bits per heavy atom. The first kappa shape index (κ1) is 9.04. The Balaban J connectivity index is 2.66. The Kier molecular flexibility index (Phi) is 2.93. The van der Waals surface area contributed by atoms with Crippen LogP contribution in [0.2, 0.25) is 3.43 Å². The monoisotopic (exact) mass is 257 g/mol. The topological polar surface area (TPSA) is 12.9 Å². The molecule has 1 nitrogen and oxygen atoms in total. The van der Waals surface area contributed by atoms with Gasteiger partial charge >= 0.3 is 78.4 Å². The van der Waals surface area contributed by atoms with Crippen molar-refractivity contribution in [3.8, 4) is 0 Å². The van der Waals surface area contributed by atoms with Crippen LogP contribution in [-0.2, 0) is 0 Å². The molecule has 60 valence electrons. The molecule has 0 saturated carbocycles. The van der Waals surface area contributed by atoms with Crippen molar-refractivity contribution in [3.05, 3.63) is 24.4 Å². The molecule has 0 radical (unpaired) electrons. The van der Waals surface area contributed by atoms with Gasteiger partial charge in [-0.3, -0.25) is 0 Å². The second-order valence-corrected chi connectivity index (χ2v) is 13.2. The second kappa shape index (κ2) is 3.57. The summed E-state index contributed by atoms with van der Waals surface area (Å²) in [4.78, 5) is 4.36. The van der Waals surface area contributed by atoms with Gasteiger partial charge in [0.25, 0.3) is 0 Å². The predicted octanol–water partition coefficient (Wildman–Crippen LogP) is 1.09. The van der Waals surface area contributed by atoms with Gasteiger partial charge in [-0.1, -0.05) is 0 Å². The zero-order valence-corrected chi connectivity index (χ0v) is 11.5. The molecule has 1 aromatic rings. The molecule has 0 unspecified atom stereocenters. The number of pyridine rings is 1. The van der Waals surface area contributed by atoms with Crippen molar-refractivity contribution in [1.29, 1.82) is 0 Å². The van der Waals surface area contributed by atoms with Crippen LogP contribution in [-0.4, -0.2) is 26.1 Å². The van der Waals surface area contributed by atoms with Gasteiger partial charge < -0.3 is 0 Å². The van der Waals surface area contributed by atoms with E-state index < -0.39 is 21.1 Å². The molecule has 1 aromatic heterocycles. The molecule has 0 amide bonds. The van der Waals surface area contributed by atoms with Gasteiger partial charge in [-0.15, -0.1) is 0 Å². The van der Waals surface area contributed by atoms with Crippen LogP contribution in [0.15, 0.2) is 24.4 Å². The summed E-state index contributed by atoms with van der Waals surface area (Å²) in [6, 6.07) is 6.24. The summed E-state index contributed by atoms with van der Waals surface area (Å²) in [5.74, 6) is 0. The van der Waals surface area contributed by atoms with Gasteiger partial charge in [0, 0.05) is 0 Å². The third-order valence-corrected chi connectivity index (χ3v) is 6.69. The first-order valence-electron chi connectivity index (χ1n) is 3.98. The maximum atomic E-state index is 4.36. The molecule has 0 saturated heterocycles. The van der Waals surface area contributed by atoms with E-state index >= 15 is 0 Å². The van der Waals surface area contributed by atoms with Gasteiger partial charge in [0.1, 0.15) is 0 Å². The fraction of sp³-hybridized carbons (Fsp3) is 0.444. The Labute approximate surface area is 78.5 Å². The number of aromatic nitrogens is 1. The van der Waals surface area contributed by atoms with Crippen LogP contribution in [0.4, 0.5) is 0 Å². The summed E-state index contributed by atoms with van der Waals surface area (Å²) < 4.78 is 1.94. The van der Waals surface area contributed by atoms with Crippen LogP contribution in [0, 0.1) is 0 Å². The molecular formula is C9H15NSn. The van der Waals surface area contributed by atoms with E-state index in [1.807, 2.05) is 12.3 Å². The summed E-state index contributed by atoms with van der Waals surface area (Å²) in [5, 5.41) is 0. The Morgan fingerprint density at radius 1 is 1.27 bits per heavy atom. The standard InChI is InChI=1S/C5H4N.C4H9.Sn.2H/c1-2-4-6-5-3-1;1-4(2)3;;;/h1-4H;1-3H3;;;. The van der Waals surface area contributed by atoms with E-state index in [4.69, 9.17) is 0 Å². The Hall–Kier alpha value is -0.0513. The average Bonchev–Trinajstić information content (AvgIpc) is 1.85. The van der Waals surface area contributed by atoms with Crippen molar-refractivity contribution < 1.29 is 0 Å². The van der Waals surface area contributed by atoms with Gasteiger partial charge in [-0.25, -0.2) is 0 Å². The molecule has 2 heteroatoms. The van der Waals surface area contributed by atoms with Crippen molar-refractivity contribution in [2.24, 2.45) is 0 Å². The molecule has 0 bridgehead atoms. The molecular weight excluding hydrogens is 241 g/mol. The molecule has 0 N–H and O–H groups in total. The van der Waals surface area contributed by atoms with Crippen LogP contribution in [0.1, 0.15) is 20.8 Å². The van der Waals surface area contributed by atoms with E-state index in [0.29, 0.717) is 3.43 Å². The third-order valence-electron chi connectivity index (χ3n) is 1.44. The van der Waals surface area contributed by atoms with Crippen LogP contribution in [0.5, 0.6) is 0 Å². The van der Waals surface area contributed by atoms with E-state index in [1.54, 1.807) is 0 Å². The molecule has 1 heterocycles. The predicted molar refractivity (Wildman–Crippen MR) is 52.1 cm³/mol. The number of rotatable bonds is 1. The minimum absolute atomic E-state index is 0.552. The van der Waals surface area contributed by atoms with E-state index in [9.17, 15) is 0 Å². The summed E-state index contributed by atoms with van der Waals surface area (Å²) in [6.45, 7) is 6.95. The molecule has 11 heavy (non-hydrogen) atoms. The minimum atomic E-state index is -0.816. The Morgan fingerprint density at radius 3 is 2.45 bits per heavy atom. The fourth-order valence-corrected chi connectivity index (χ4v) is 5.43. The zero-order chi connectivity index (χ0) is 8.32. The SMILES string of the molecule is C[C](C)(C)[SnH2][c]1ccccn1. The van der Waals surface area contributed by atoms with Gasteiger partial charge in [-0.2, -0.15) is 0 Å². The molecule has 0 aliphatic carbocycles. The zero-order valence-electron chi connectivity index (χ0n) is 7.46. The molecule has 0 aliphatic heterocycles. The van der Waals surface area contributed by atoms with Crippen LogP contribution >= 0.6 is 0 Å². The number of hydrogen-bond acceptors (Lipinski definition) is 1. The third kappa shape index (κ3) is 3.75. The van der Waals surface area contributed by atoms with Crippen molar-refractivity contribution in [2.75, 3.05) is 0 Å². The van der Waals surface area contributed by atoms with Crippen molar-refractivity contribution >= 4 is 24.9 Å². The fourth-order valence-electron chi connectivity index (χ4n) is 1.05. The van der Waals surface area contributed by atoms with Crippen LogP contribution in [0.3, 0.4) is 0 Å². The quantitative estimate of drug-likeness (QED) is 0.685. The van der Waals surface area contributed by atoms with Gasteiger partial charge in [0.2, 0.25) is 0 Å².